The summed E-state index contributed by atoms with van der Waals surface area (Å²) < 4.78 is 34.9. The van der Waals surface area contributed by atoms with E-state index in [1.807, 2.05) is 0 Å². The van der Waals surface area contributed by atoms with Gasteiger partial charge in [0.2, 0.25) is 0 Å². The van der Waals surface area contributed by atoms with Gasteiger partial charge in [0.25, 0.3) is 11.4 Å². The Morgan fingerprint density at radius 3 is 2.48 bits per heavy atom. The van der Waals surface area contributed by atoms with Gasteiger partial charge >= 0.3 is 7.82 Å². The van der Waals surface area contributed by atoms with E-state index < -0.39 is 47.2 Å². The van der Waals surface area contributed by atoms with Crippen molar-refractivity contribution in [3.63, 3.8) is 0 Å². The van der Waals surface area contributed by atoms with Crippen molar-refractivity contribution in [2.24, 2.45) is 0 Å². The fraction of sp³-hybridized carbons (Fsp3) is 0.556. The molecular weight excluding hydrogens is 379 g/mol. The summed E-state index contributed by atoms with van der Waals surface area (Å²) in [6.45, 7) is 0. The summed E-state index contributed by atoms with van der Waals surface area (Å²) in [5.74, 6) is -3.78. The number of aromatic nitrogens is 2. The van der Waals surface area contributed by atoms with Gasteiger partial charge in [0.05, 0.1) is 5.40 Å². The number of hydrogen-bond acceptors (Lipinski definition) is 7. The number of nitrogens with zero attached hydrogens (tertiary/aromatic N) is 1. The Morgan fingerprint density at radius 2 is 2.00 bits per heavy atom. The van der Waals surface area contributed by atoms with Gasteiger partial charge in [-0.25, -0.2) is 8.96 Å². The minimum Gasteiger partial charge on any atom is -0.386 e. The number of nitrogens with one attached hydrogen (secondary N) is 1. The van der Waals surface area contributed by atoms with Crippen LogP contribution in [0.5, 0.6) is 0 Å². The molecule has 5 N–H and O–H groups in total. The second-order valence-electron chi connectivity index (χ2n) is 5.24. The van der Waals surface area contributed by atoms with Crippen LogP contribution >= 0.6 is 20.0 Å². The number of aliphatic hydroxyl groups is 2. The smallest absolute Gasteiger partial charge is 0.386 e. The highest BCUT2D eigenvalue weighted by molar-refractivity contribution is 7.71. The number of aliphatic hydroxyl groups excluding tert-OH is 2. The Morgan fingerprint density at radius 1 is 1.44 bits per heavy atom. The molecule has 0 amide bonds. The zero-order valence-corrected chi connectivity index (χ0v) is 13.9. The molecule has 1 saturated heterocycles. The maximum absolute atomic E-state index is 15.1. The van der Waals surface area contributed by atoms with Crippen LogP contribution in [0.3, 0.4) is 0 Å². The van der Waals surface area contributed by atoms with E-state index >= 15 is 4.39 Å². The van der Waals surface area contributed by atoms with Gasteiger partial charge < -0.3 is 29.3 Å². The van der Waals surface area contributed by atoms with Crippen molar-refractivity contribution >= 4 is 43.6 Å². The molecule has 2 heterocycles. The van der Waals surface area contributed by atoms with Crippen LogP contribution in [-0.2, 0) is 19.4 Å². The second kappa shape index (κ2) is 6.13. The molecule has 16 heteroatoms. The Balaban J connectivity index is 2.55. The lowest BCUT2D eigenvalue weighted by Crippen LogP contribution is -2.60. The number of ether oxygens (including phenoxy) is 1. The third-order valence-electron chi connectivity index (χ3n) is 3.42. The minimum absolute atomic E-state index is 0.430. The number of aromatic amines is 1. The molecule has 0 aliphatic carbocycles. The van der Waals surface area contributed by atoms with Crippen molar-refractivity contribution in [1.82, 2.24) is 9.55 Å². The molecule has 1 aromatic heterocycles. The van der Waals surface area contributed by atoms with Gasteiger partial charge in [-0.15, -0.1) is 0 Å². The number of phosphoric ester groups is 1. The van der Waals surface area contributed by atoms with E-state index in [0.29, 0.717) is 4.57 Å². The number of H-pyrrole nitrogens is 1. The van der Waals surface area contributed by atoms with Crippen LogP contribution in [0.25, 0.3) is 0 Å². The van der Waals surface area contributed by atoms with Crippen molar-refractivity contribution in [1.29, 1.82) is 0 Å². The van der Waals surface area contributed by atoms with Crippen molar-refractivity contribution < 1.29 is 38.2 Å². The average molecular weight is 388 g/mol. The van der Waals surface area contributed by atoms with E-state index in [-0.39, 0.29) is 0 Å². The molecule has 1 aromatic rings. The van der Waals surface area contributed by atoms with Gasteiger partial charge in [0, 0.05) is 12.3 Å². The molecule has 10 nitrogen and oxygen atoms in total. The van der Waals surface area contributed by atoms with Crippen LogP contribution in [0, 0.1) is 4.77 Å². The Bertz CT molecular complexity index is 847. The van der Waals surface area contributed by atoms with Crippen molar-refractivity contribution in [3.8, 4) is 0 Å². The summed E-state index contributed by atoms with van der Waals surface area (Å²) in [5.41, 5.74) is -3.31. The van der Waals surface area contributed by atoms with Gasteiger partial charge in [-0.05, 0) is 12.2 Å². The second-order valence-corrected chi connectivity index (χ2v) is 6.79. The summed E-state index contributed by atoms with van der Waals surface area (Å²) in [7, 11) is 10.7. The van der Waals surface area contributed by atoms with Crippen LogP contribution in [0.4, 0.5) is 4.39 Å². The van der Waals surface area contributed by atoms with E-state index in [1.54, 1.807) is 0 Å². The topological polar surface area (TPSA) is 154 Å². The van der Waals surface area contributed by atoms with E-state index in [1.165, 1.54) is 0 Å². The monoisotopic (exact) mass is 388 g/mol. The summed E-state index contributed by atoms with van der Waals surface area (Å²) in [6, 6.07) is 0.898. The first-order valence-corrected chi connectivity index (χ1v) is 8.28. The lowest BCUT2D eigenvalue weighted by atomic mass is 9.59. The number of hydrogen-bond donors (Lipinski definition) is 5. The molecule has 6 radical (unpaired) electrons. The standard InChI is InChI=1S/C9H9B3FN2O8PS/c10-8(15-2-1-3(16)14-6(15)25)5(18)4(17)7(13,22-8)9(11,12)23-24(19,20)21/h1-2,4-5,17-18H,(H,14,16,25)(H2,19,20,21)/t4-,5+,7-,8-/m0/s1. The van der Waals surface area contributed by atoms with Gasteiger partial charge in [-0.2, -0.15) is 0 Å². The molecule has 0 bridgehead atoms. The first-order valence-electron chi connectivity index (χ1n) is 6.35. The van der Waals surface area contributed by atoms with Crippen LogP contribution in [-0.4, -0.2) is 76.6 Å². The highest BCUT2D eigenvalue weighted by atomic mass is 32.1. The zero-order valence-electron chi connectivity index (χ0n) is 12.1. The fourth-order valence-corrected chi connectivity index (χ4v) is 3.06. The fourth-order valence-electron chi connectivity index (χ4n) is 2.24. The molecule has 2 rings (SSSR count). The summed E-state index contributed by atoms with van der Waals surface area (Å²) >= 11 is 4.81. The van der Waals surface area contributed by atoms with Crippen molar-refractivity contribution in [3.05, 3.63) is 27.4 Å². The molecule has 1 fully saturated rings. The van der Waals surface area contributed by atoms with Crippen molar-refractivity contribution in [2.45, 2.75) is 29.1 Å². The highest BCUT2D eigenvalue weighted by Gasteiger charge is 2.68. The highest BCUT2D eigenvalue weighted by Crippen LogP contribution is 2.51. The van der Waals surface area contributed by atoms with E-state index in [2.05, 4.69) is 9.51 Å². The minimum atomic E-state index is -5.44. The van der Waals surface area contributed by atoms with Crippen LogP contribution in [0.2, 0.25) is 0 Å². The van der Waals surface area contributed by atoms with Gasteiger partial charge in [0.15, 0.2) is 4.77 Å². The van der Waals surface area contributed by atoms with E-state index in [9.17, 15) is 19.6 Å². The van der Waals surface area contributed by atoms with Gasteiger partial charge in [0.1, 0.15) is 41.4 Å². The Labute approximate surface area is 148 Å². The number of alkyl halides is 1. The van der Waals surface area contributed by atoms with Gasteiger partial charge in [-0.3, -0.25) is 14.3 Å². The van der Waals surface area contributed by atoms with Crippen LogP contribution in [0.15, 0.2) is 17.1 Å². The summed E-state index contributed by atoms with van der Waals surface area (Å²) in [4.78, 5) is 30.9. The SMILES string of the molecule is [B]C([B])(OP(=O)(O)O)[C@@]1(F)O[C@@]([B])(n2ccc(=O)[nH]c2=S)[C@H](O)[C@@H]1O. The maximum Gasteiger partial charge on any atom is 0.468 e. The normalized spacial score (nSPS) is 33.5. The Hall–Kier alpha value is -0.785. The van der Waals surface area contributed by atoms with E-state index in [0.717, 1.165) is 12.3 Å². The lowest BCUT2D eigenvalue weighted by molar-refractivity contribution is -0.239. The molecular formula is C9H9B3FN2O8PS. The van der Waals surface area contributed by atoms with Crippen LogP contribution < -0.4 is 5.56 Å². The third kappa shape index (κ3) is 3.43. The average Bonchev–Trinajstić information content (AvgIpc) is 2.59. The summed E-state index contributed by atoms with van der Waals surface area (Å²) in [5, 5.41) is 16.6. The van der Waals surface area contributed by atoms with Gasteiger partial charge in [-0.1, -0.05) is 0 Å². The third-order valence-corrected chi connectivity index (χ3v) is 4.26. The number of phosphoric acid groups is 1. The number of halogens is 1. The predicted molar refractivity (Wildman–Crippen MR) is 83.9 cm³/mol. The number of rotatable bonds is 4. The quantitative estimate of drug-likeness (QED) is 0.209. The molecule has 1 aliphatic heterocycles. The van der Waals surface area contributed by atoms with Crippen molar-refractivity contribution in [2.75, 3.05) is 0 Å². The predicted octanol–water partition coefficient (Wildman–Crippen LogP) is -2.80. The molecule has 0 saturated carbocycles. The molecule has 25 heavy (non-hydrogen) atoms. The first-order chi connectivity index (χ1) is 11.1. The summed E-state index contributed by atoms with van der Waals surface area (Å²) in [6.07, 6.45) is -3.99. The Kier molecular flexibility index (Phi) is 5.04. The molecule has 0 unspecified atom stereocenters. The molecule has 130 valence electrons. The van der Waals surface area contributed by atoms with Crippen LogP contribution in [0.1, 0.15) is 0 Å². The van der Waals surface area contributed by atoms with E-state index in [4.69, 9.17) is 50.3 Å². The largest absolute Gasteiger partial charge is 0.468 e. The maximum atomic E-state index is 15.1. The molecule has 1 aliphatic rings. The lowest BCUT2D eigenvalue weighted by Gasteiger charge is -2.40. The molecule has 0 aromatic carbocycles. The zero-order chi connectivity index (χ0) is 19.4. The molecule has 0 spiro atoms. The molecule has 4 atom stereocenters. The first kappa shape index (κ1) is 20.5.